The van der Waals surface area contributed by atoms with E-state index in [1.54, 1.807) is 24.5 Å². The highest BCUT2D eigenvalue weighted by Crippen LogP contribution is 2.34. The number of hydrogen-bond acceptors (Lipinski definition) is 6. The van der Waals surface area contributed by atoms with Crippen LogP contribution in [0.15, 0.2) is 23.6 Å². The molecule has 0 atom stereocenters. The van der Waals surface area contributed by atoms with Crippen molar-refractivity contribution in [3.8, 4) is 22.1 Å². The molecule has 1 aromatic heterocycles. The first-order chi connectivity index (χ1) is 13.1. The van der Waals surface area contributed by atoms with Gasteiger partial charge in [0.1, 0.15) is 17.2 Å². The van der Waals surface area contributed by atoms with Crippen LogP contribution in [-0.2, 0) is 4.79 Å². The third-order valence-corrected chi connectivity index (χ3v) is 5.78. The monoisotopic (exact) mass is 387 g/mol. The lowest BCUT2D eigenvalue weighted by Gasteiger charge is -2.34. The van der Waals surface area contributed by atoms with Crippen molar-refractivity contribution in [3.05, 3.63) is 29.3 Å². The lowest BCUT2D eigenvalue weighted by atomic mass is 10.2. The molecule has 0 N–H and O–H groups in total. The first-order valence-electron chi connectivity index (χ1n) is 8.87. The van der Waals surface area contributed by atoms with Gasteiger partial charge in [-0.1, -0.05) is 0 Å². The molecule has 0 bridgehead atoms. The number of hydrogen-bond donors (Lipinski definition) is 0. The Morgan fingerprint density at radius 1 is 1.19 bits per heavy atom. The molecule has 0 unspecified atom stereocenters. The van der Waals surface area contributed by atoms with Crippen molar-refractivity contribution >= 4 is 23.2 Å². The summed E-state index contributed by atoms with van der Waals surface area (Å²) in [7, 11) is 3.17. The van der Waals surface area contributed by atoms with Crippen LogP contribution < -0.4 is 9.47 Å². The van der Waals surface area contributed by atoms with E-state index in [2.05, 4.69) is 4.98 Å². The third kappa shape index (κ3) is 3.49. The van der Waals surface area contributed by atoms with Gasteiger partial charge >= 0.3 is 0 Å². The molecule has 2 aromatic rings. The van der Waals surface area contributed by atoms with Crippen molar-refractivity contribution in [2.45, 2.75) is 18.9 Å². The van der Waals surface area contributed by atoms with Crippen LogP contribution in [0.4, 0.5) is 0 Å². The zero-order valence-corrected chi connectivity index (χ0v) is 16.1. The molecule has 2 heterocycles. The number of amides is 2. The molecule has 1 aliphatic carbocycles. The highest BCUT2D eigenvalue weighted by molar-refractivity contribution is 7.13. The summed E-state index contributed by atoms with van der Waals surface area (Å²) in [5.41, 5.74) is 1.23. The molecule has 8 heteroatoms. The molecule has 0 spiro atoms. The summed E-state index contributed by atoms with van der Waals surface area (Å²) in [6.45, 7) is 1.31. The number of carbonyl (C=O) groups is 2. The van der Waals surface area contributed by atoms with Crippen molar-refractivity contribution in [3.63, 3.8) is 0 Å². The molecule has 142 valence electrons. The first-order valence-corrected chi connectivity index (χ1v) is 9.75. The highest BCUT2D eigenvalue weighted by atomic mass is 32.1. The number of nitrogens with zero attached hydrogens (tertiary/aromatic N) is 3. The van der Waals surface area contributed by atoms with E-state index in [0.29, 0.717) is 36.3 Å². The normalized spacial score (nSPS) is 17.2. The van der Waals surface area contributed by atoms with E-state index < -0.39 is 0 Å². The maximum atomic E-state index is 12.8. The lowest BCUT2D eigenvalue weighted by Crippen LogP contribution is -2.52. The predicted molar refractivity (Wildman–Crippen MR) is 101 cm³/mol. The predicted octanol–water partition coefficient (Wildman–Crippen LogP) is 2.27. The molecule has 2 amide bonds. The van der Waals surface area contributed by atoms with E-state index in [0.717, 1.165) is 23.4 Å². The van der Waals surface area contributed by atoms with E-state index in [9.17, 15) is 9.59 Å². The van der Waals surface area contributed by atoms with Gasteiger partial charge < -0.3 is 19.3 Å². The Bertz CT molecular complexity index is 878. The van der Waals surface area contributed by atoms with E-state index in [1.807, 2.05) is 23.1 Å². The number of methoxy groups -OCH3 is 2. The SMILES string of the molecule is COc1ccc(-c2nc(C(=O)N3CCN(C4CC4)C(=O)C3)cs2)cc1OC. The summed E-state index contributed by atoms with van der Waals surface area (Å²) in [4.78, 5) is 33.0. The van der Waals surface area contributed by atoms with Gasteiger partial charge in [0.15, 0.2) is 11.5 Å². The number of benzene rings is 1. The van der Waals surface area contributed by atoms with Crippen molar-refractivity contribution in [1.82, 2.24) is 14.8 Å². The number of carbonyl (C=O) groups excluding carboxylic acids is 2. The van der Waals surface area contributed by atoms with Crippen LogP contribution in [0.3, 0.4) is 0 Å². The number of piperazine rings is 1. The Kier molecular flexibility index (Phi) is 4.73. The van der Waals surface area contributed by atoms with Gasteiger partial charge in [-0.3, -0.25) is 9.59 Å². The van der Waals surface area contributed by atoms with Gasteiger partial charge in [0.25, 0.3) is 5.91 Å². The van der Waals surface area contributed by atoms with Gasteiger partial charge in [0, 0.05) is 30.1 Å². The maximum absolute atomic E-state index is 12.8. The fourth-order valence-electron chi connectivity index (χ4n) is 3.27. The van der Waals surface area contributed by atoms with Gasteiger partial charge in [0.05, 0.1) is 14.2 Å². The molecular weight excluding hydrogens is 366 g/mol. The standard InChI is InChI=1S/C19H21N3O4S/c1-25-15-6-3-12(9-16(15)26-2)18-20-14(11-27-18)19(24)21-7-8-22(13-4-5-13)17(23)10-21/h3,6,9,11,13H,4-5,7-8,10H2,1-2H3. The molecule has 1 saturated heterocycles. The van der Waals surface area contributed by atoms with Crippen molar-refractivity contribution in [2.24, 2.45) is 0 Å². The van der Waals surface area contributed by atoms with Crippen LogP contribution in [0.5, 0.6) is 11.5 Å². The largest absolute Gasteiger partial charge is 0.493 e. The van der Waals surface area contributed by atoms with E-state index in [-0.39, 0.29) is 18.4 Å². The smallest absolute Gasteiger partial charge is 0.273 e. The van der Waals surface area contributed by atoms with E-state index >= 15 is 0 Å². The average molecular weight is 387 g/mol. The molecule has 2 fully saturated rings. The number of thiazole rings is 1. The maximum Gasteiger partial charge on any atom is 0.273 e. The zero-order chi connectivity index (χ0) is 19.0. The van der Waals surface area contributed by atoms with Crippen LogP contribution in [-0.4, -0.2) is 66.5 Å². The molecule has 0 radical (unpaired) electrons. The number of rotatable bonds is 5. The summed E-state index contributed by atoms with van der Waals surface area (Å²) in [6.07, 6.45) is 2.17. The summed E-state index contributed by atoms with van der Waals surface area (Å²) >= 11 is 1.39. The summed E-state index contributed by atoms with van der Waals surface area (Å²) in [5.74, 6) is 1.09. The highest BCUT2D eigenvalue weighted by Gasteiger charge is 2.37. The Morgan fingerprint density at radius 2 is 1.96 bits per heavy atom. The fourth-order valence-corrected chi connectivity index (χ4v) is 4.06. The molecular formula is C19H21N3O4S. The Morgan fingerprint density at radius 3 is 2.63 bits per heavy atom. The average Bonchev–Trinajstić information content (AvgIpc) is 3.42. The molecule has 2 aliphatic rings. The minimum absolute atomic E-state index is 0.0347. The minimum atomic E-state index is -0.193. The van der Waals surface area contributed by atoms with Gasteiger partial charge in [-0.05, 0) is 31.0 Å². The van der Waals surface area contributed by atoms with Gasteiger partial charge in [0.2, 0.25) is 5.91 Å². The van der Waals surface area contributed by atoms with E-state index in [1.165, 1.54) is 11.3 Å². The van der Waals surface area contributed by atoms with Crippen LogP contribution in [0, 0.1) is 0 Å². The van der Waals surface area contributed by atoms with Crippen molar-refractivity contribution in [1.29, 1.82) is 0 Å². The van der Waals surface area contributed by atoms with Crippen LogP contribution >= 0.6 is 11.3 Å². The van der Waals surface area contributed by atoms with Crippen LogP contribution in [0.25, 0.3) is 10.6 Å². The Hall–Kier alpha value is -2.61. The van der Waals surface area contributed by atoms with E-state index in [4.69, 9.17) is 9.47 Å². The Balaban J connectivity index is 1.49. The Labute approximate surface area is 161 Å². The van der Waals surface area contributed by atoms with Gasteiger partial charge in [-0.2, -0.15) is 0 Å². The zero-order valence-electron chi connectivity index (χ0n) is 15.3. The molecule has 4 rings (SSSR count). The van der Waals surface area contributed by atoms with Crippen LogP contribution in [0.2, 0.25) is 0 Å². The van der Waals surface area contributed by atoms with Crippen LogP contribution in [0.1, 0.15) is 23.3 Å². The number of aromatic nitrogens is 1. The first kappa shape index (κ1) is 17.8. The second kappa shape index (κ2) is 7.19. The summed E-state index contributed by atoms with van der Waals surface area (Å²) in [6, 6.07) is 5.92. The van der Waals surface area contributed by atoms with Crippen molar-refractivity contribution < 1.29 is 19.1 Å². The summed E-state index contributed by atoms with van der Waals surface area (Å²) in [5, 5.41) is 2.47. The second-order valence-corrected chi connectivity index (χ2v) is 7.51. The molecule has 1 aromatic carbocycles. The van der Waals surface area contributed by atoms with Crippen molar-refractivity contribution in [2.75, 3.05) is 33.9 Å². The number of ether oxygens (including phenoxy) is 2. The lowest BCUT2D eigenvalue weighted by molar-refractivity contribution is -0.135. The van der Waals surface area contributed by atoms with Gasteiger partial charge in [-0.25, -0.2) is 4.98 Å². The minimum Gasteiger partial charge on any atom is -0.493 e. The fraction of sp³-hybridized carbons (Fsp3) is 0.421. The molecule has 1 saturated carbocycles. The molecule has 7 nitrogen and oxygen atoms in total. The molecule has 27 heavy (non-hydrogen) atoms. The summed E-state index contributed by atoms with van der Waals surface area (Å²) < 4.78 is 10.6. The second-order valence-electron chi connectivity index (χ2n) is 6.65. The molecule has 1 aliphatic heterocycles. The quantitative estimate of drug-likeness (QED) is 0.787. The topological polar surface area (TPSA) is 72.0 Å². The third-order valence-electron chi connectivity index (χ3n) is 4.89. The van der Waals surface area contributed by atoms with Gasteiger partial charge in [-0.15, -0.1) is 11.3 Å².